The SMILES string of the molecule is CCNC(CCC(F)(F)F)C1Cc2ccccc2S1. The first kappa shape index (κ1) is 14.7. The second-order valence-electron chi connectivity index (χ2n) is 4.79. The molecule has 0 aromatic heterocycles. The van der Waals surface area contributed by atoms with Crippen molar-refractivity contribution < 1.29 is 13.2 Å². The van der Waals surface area contributed by atoms with Gasteiger partial charge in [-0.15, -0.1) is 11.8 Å². The predicted molar refractivity (Wildman–Crippen MR) is 72.5 cm³/mol. The Kier molecular flexibility index (Phi) is 4.79. The first-order valence-electron chi connectivity index (χ1n) is 6.54. The zero-order valence-corrected chi connectivity index (χ0v) is 11.7. The Morgan fingerprint density at radius 2 is 2.11 bits per heavy atom. The highest BCUT2D eigenvalue weighted by Gasteiger charge is 2.33. The fraction of sp³-hybridized carbons (Fsp3) is 0.571. The van der Waals surface area contributed by atoms with Crippen molar-refractivity contribution in [2.45, 2.75) is 48.5 Å². The van der Waals surface area contributed by atoms with Gasteiger partial charge in [0.25, 0.3) is 0 Å². The summed E-state index contributed by atoms with van der Waals surface area (Å²) in [5, 5.41) is 3.42. The van der Waals surface area contributed by atoms with Gasteiger partial charge in [-0.2, -0.15) is 13.2 Å². The fourth-order valence-electron chi connectivity index (χ4n) is 2.43. The van der Waals surface area contributed by atoms with Crippen molar-refractivity contribution in [1.29, 1.82) is 0 Å². The molecule has 1 nitrogen and oxygen atoms in total. The molecule has 1 aliphatic rings. The van der Waals surface area contributed by atoms with E-state index in [9.17, 15) is 13.2 Å². The van der Waals surface area contributed by atoms with Crippen molar-refractivity contribution in [2.75, 3.05) is 6.54 Å². The summed E-state index contributed by atoms with van der Waals surface area (Å²) >= 11 is 1.70. The van der Waals surface area contributed by atoms with E-state index in [0.29, 0.717) is 6.54 Å². The minimum Gasteiger partial charge on any atom is -0.313 e. The molecule has 2 rings (SSSR count). The molecule has 1 aromatic carbocycles. The summed E-state index contributed by atoms with van der Waals surface area (Å²) in [5.74, 6) is 0. The van der Waals surface area contributed by atoms with Crippen LogP contribution in [-0.4, -0.2) is 24.0 Å². The van der Waals surface area contributed by atoms with Crippen LogP contribution < -0.4 is 5.32 Å². The molecule has 0 saturated carbocycles. The molecular formula is C14H18F3NS. The van der Waals surface area contributed by atoms with Crippen LogP contribution in [0.15, 0.2) is 29.2 Å². The lowest BCUT2D eigenvalue weighted by atomic mass is 10.0. The van der Waals surface area contributed by atoms with Gasteiger partial charge in [0, 0.05) is 22.6 Å². The molecule has 0 bridgehead atoms. The van der Waals surface area contributed by atoms with Crippen LogP contribution in [0, 0.1) is 0 Å². The molecule has 19 heavy (non-hydrogen) atoms. The third kappa shape index (κ3) is 4.14. The van der Waals surface area contributed by atoms with Gasteiger partial charge in [0.05, 0.1) is 0 Å². The Labute approximate surface area is 116 Å². The maximum Gasteiger partial charge on any atom is 0.389 e. The van der Waals surface area contributed by atoms with Crippen molar-refractivity contribution in [3.63, 3.8) is 0 Å². The van der Waals surface area contributed by atoms with Crippen LogP contribution in [0.3, 0.4) is 0 Å². The number of fused-ring (bicyclic) bond motifs is 1. The summed E-state index contributed by atoms with van der Waals surface area (Å²) in [6, 6.07) is 8.00. The predicted octanol–water partition coefficient (Wildman–Crippen LogP) is 4.02. The van der Waals surface area contributed by atoms with Crippen LogP contribution in [0.25, 0.3) is 0 Å². The number of nitrogens with one attached hydrogen (secondary N) is 1. The van der Waals surface area contributed by atoms with Crippen LogP contribution in [-0.2, 0) is 6.42 Å². The fourth-order valence-corrected chi connectivity index (χ4v) is 3.88. The standard InChI is InChI=1S/C14H18F3NS/c1-2-18-11(7-8-14(15,16)17)13-9-10-5-3-4-6-12(10)19-13/h3-6,11,13,18H,2,7-9H2,1H3. The van der Waals surface area contributed by atoms with Crippen LogP contribution in [0.2, 0.25) is 0 Å². The van der Waals surface area contributed by atoms with E-state index in [1.165, 1.54) is 10.5 Å². The maximum atomic E-state index is 12.4. The van der Waals surface area contributed by atoms with Gasteiger partial charge in [0.15, 0.2) is 0 Å². The number of rotatable bonds is 5. The molecule has 1 heterocycles. The van der Waals surface area contributed by atoms with Gasteiger partial charge in [-0.25, -0.2) is 0 Å². The number of benzene rings is 1. The van der Waals surface area contributed by atoms with Gasteiger partial charge < -0.3 is 5.32 Å². The maximum absolute atomic E-state index is 12.4. The third-order valence-electron chi connectivity index (χ3n) is 3.33. The minimum absolute atomic E-state index is 0.0796. The van der Waals surface area contributed by atoms with E-state index in [-0.39, 0.29) is 17.7 Å². The van der Waals surface area contributed by atoms with Crippen LogP contribution in [0.1, 0.15) is 25.3 Å². The molecule has 0 spiro atoms. The zero-order chi connectivity index (χ0) is 13.9. The smallest absolute Gasteiger partial charge is 0.313 e. The van der Waals surface area contributed by atoms with Crippen molar-refractivity contribution in [3.05, 3.63) is 29.8 Å². The summed E-state index contributed by atoms with van der Waals surface area (Å²) in [6.45, 7) is 2.64. The average molecular weight is 289 g/mol. The first-order valence-corrected chi connectivity index (χ1v) is 7.42. The Morgan fingerprint density at radius 3 is 2.74 bits per heavy atom. The van der Waals surface area contributed by atoms with Crippen molar-refractivity contribution in [3.8, 4) is 0 Å². The zero-order valence-electron chi connectivity index (χ0n) is 10.8. The van der Waals surface area contributed by atoms with Crippen molar-refractivity contribution in [2.24, 2.45) is 0 Å². The minimum atomic E-state index is -4.07. The number of thioether (sulfide) groups is 1. The summed E-state index contributed by atoms with van der Waals surface area (Å²) < 4.78 is 37.1. The van der Waals surface area contributed by atoms with Crippen LogP contribution in [0.4, 0.5) is 13.2 Å². The van der Waals surface area contributed by atoms with E-state index in [2.05, 4.69) is 11.4 Å². The first-order chi connectivity index (χ1) is 8.99. The number of hydrogen-bond acceptors (Lipinski definition) is 2. The Balaban J connectivity index is 1.98. The third-order valence-corrected chi connectivity index (χ3v) is 4.78. The van der Waals surface area contributed by atoms with E-state index in [1.54, 1.807) is 11.8 Å². The topological polar surface area (TPSA) is 12.0 Å². The number of hydrogen-bond donors (Lipinski definition) is 1. The Bertz CT molecular complexity index is 394. The monoisotopic (exact) mass is 289 g/mol. The lowest BCUT2D eigenvalue weighted by molar-refractivity contribution is -0.136. The molecule has 1 aliphatic heterocycles. The van der Waals surface area contributed by atoms with Gasteiger partial charge >= 0.3 is 6.18 Å². The highest BCUT2D eigenvalue weighted by Crippen LogP contribution is 2.39. The molecule has 1 aromatic rings. The molecule has 106 valence electrons. The summed E-state index contributed by atoms with van der Waals surface area (Å²) in [5.41, 5.74) is 1.26. The normalized spacial score (nSPS) is 20.3. The summed E-state index contributed by atoms with van der Waals surface area (Å²) in [7, 11) is 0. The van der Waals surface area contributed by atoms with E-state index < -0.39 is 12.6 Å². The lowest BCUT2D eigenvalue weighted by Gasteiger charge is -2.24. The van der Waals surface area contributed by atoms with Gasteiger partial charge in [-0.05, 0) is 31.0 Å². The molecule has 1 N–H and O–H groups in total. The van der Waals surface area contributed by atoms with Gasteiger partial charge in [-0.3, -0.25) is 0 Å². The molecule has 5 heteroatoms. The molecule has 0 fully saturated rings. The largest absolute Gasteiger partial charge is 0.389 e. The van der Waals surface area contributed by atoms with Crippen molar-refractivity contribution in [1.82, 2.24) is 5.32 Å². The highest BCUT2D eigenvalue weighted by molar-refractivity contribution is 8.00. The van der Waals surface area contributed by atoms with Gasteiger partial charge in [0.2, 0.25) is 0 Å². The Hall–Kier alpha value is -0.680. The number of halogens is 3. The molecule has 2 atom stereocenters. The Morgan fingerprint density at radius 1 is 1.37 bits per heavy atom. The van der Waals surface area contributed by atoms with Crippen molar-refractivity contribution >= 4 is 11.8 Å². The quantitative estimate of drug-likeness (QED) is 0.878. The van der Waals surface area contributed by atoms with Gasteiger partial charge in [-0.1, -0.05) is 25.1 Å². The lowest BCUT2D eigenvalue weighted by Crippen LogP contribution is -2.38. The van der Waals surface area contributed by atoms with Crippen LogP contribution in [0.5, 0.6) is 0 Å². The summed E-state index contributed by atoms with van der Waals surface area (Å²) in [6.07, 6.45) is -3.76. The highest BCUT2D eigenvalue weighted by atomic mass is 32.2. The second kappa shape index (κ2) is 6.18. The van der Waals surface area contributed by atoms with Crippen LogP contribution >= 0.6 is 11.8 Å². The summed E-state index contributed by atoms with van der Waals surface area (Å²) in [4.78, 5) is 1.21. The van der Waals surface area contributed by atoms with E-state index in [0.717, 1.165) is 6.42 Å². The second-order valence-corrected chi connectivity index (χ2v) is 6.07. The molecule has 0 radical (unpaired) electrons. The molecule has 0 amide bonds. The molecule has 0 saturated heterocycles. The van der Waals surface area contributed by atoms with E-state index >= 15 is 0 Å². The van der Waals surface area contributed by atoms with E-state index in [1.807, 2.05) is 25.1 Å². The van der Waals surface area contributed by atoms with Gasteiger partial charge in [0.1, 0.15) is 0 Å². The number of alkyl halides is 3. The average Bonchev–Trinajstić information content (AvgIpc) is 2.76. The van der Waals surface area contributed by atoms with E-state index in [4.69, 9.17) is 0 Å². The molecule has 2 unspecified atom stereocenters. The molecular weight excluding hydrogens is 271 g/mol. The molecule has 0 aliphatic carbocycles.